The molecule has 0 aliphatic rings. The number of alkyl halides is 1. The monoisotopic (exact) mass is 179 g/mol. The Morgan fingerprint density at radius 2 is 2.31 bits per heavy atom. The Bertz CT molecular complexity index is 330. The number of nitriles is 1. The first kappa shape index (κ1) is 9.33. The van der Waals surface area contributed by atoms with E-state index in [2.05, 4.69) is 5.32 Å². The first-order chi connectivity index (χ1) is 6.29. The number of hydrogen-bond donors (Lipinski definition) is 2. The number of para-hydroxylation sites is 1. The largest absolute Gasteiger partial charge is 0.396 e. The van der Waals surface area contributed by atoms with E-state index in [-0.39, 0.29) is 6.54 Å². The molecule has 13 heavy (non-hydrogen) atoms. The fourth-order valence-electron chi connectivity index (χ4n) is 0.999. The highest BCUT2D eigenvalue weighted by atomic mass is 19.1. The van der Waals surface area contributed by atoms with Crippen LogP contribution in [0.2, 0.25) is 0 Å². The molecule has 0 fully saturated rings. The Morgan fingerprint density at radius 3 is 2.92 bits per heavy atom. The Labute approximate surface area is 76.0 Å². The van der Waals surface area contributed by atoms with Crippen LogP contribution in [0.5, 0.6) is 0 Å². The minimum absolute atomic E-state index is 0.207. The zero-order valence-corrected chi connectivity index (χ0v) is 7.05. The first-order valence-electron chi connectivity index (χ1n) is 3.88. The van der Waals surface area contributed by atoms with Gasteiger partial charge in [-0.3, -0.25) is 0 Å². The molecule has 0 spiro atoms. The SMILES string of the molecule is N#Cc1cccc(NCCF)c1N. The molecule has 1 aromatic rings. The van der Waals surface area contributed by atoms with E-state index in [0.717, 1.165) is 0 Å². The number of hydrogen-bond acceptors (Lipinski definition) is 3. The Morgan fingerprint density at radius 1 is 1.54 bits per heavy atom. The Hall–Kier alpha value is -1.76. The molecular weight excluding hydrogens is 169 g/mol. The van der Waals surface area contributed by atoms with Gasteiger partial charge >= 0.3 is 0 Å². The van der Waals surface area contributed by atoms with Gasteiger partial charge in [-0.15, -0.1) is 0 Å². The standard InChI is InChI=1S/C9H10FN3/c10-4-5-13-8-3-1-2-7(6-11)9(8)12/h1-3,13H,4-5,12H2. The van der Waals surface area contributed by atoms with Gasteiger partial charge in [0.05, 0.1) is 16.9 Å². The number of nitrogens with one attached hydrogen (secondary N) is 1. The third-order valence-electron chi connectivity index (χ3n) is 1.64. The average molecular weight is 179 g/mol. The maximum Gasteiger partial charge on any atom is 0.107 e. The van der Waals surface area contributed by atoms with Crippen LogP contribution in [0.3, 0.4) is 0 Å². The van der Waals surface area contributed by atoms with Crippen LogP contribution in [0.1, 0.15) is 5.56 Å². The number of nitrogens with zero attached hydrogens (tertiary/aromatic N) is 1. The van der Waals surface area contributed by atoms with E-state index in [1.165, 1.54) is 0 Å². The molecule has 0 radical (unpaired) electrons. The Balaban J connectivity index is 2.90. The predicted octanol–water partition coefficient (Wildman–Crippen LogP) is 1.52. The fourth-order valence-corrected chi connectivity index (χ4v) is 0.999. The molecule has 0 aliphatic heterocycles. The highest BCUT2D eigenvalue weighted by Crippen LogP contribution is 2.21. The van der Waals surface area contributed by atoms with Gasteiger partial charge in [0.25, 0.3) is 0 Å². The van der Waals surface area contributed by atoms with E-state index in [1.54, 1.807) is 18.2 Å². The van der Waals surface area contributed by atoms with Crippen LogP contribution in [0.25, 0.3) is 0 Å². The van der Waals surface area contributed by atoms with Gasteiger partial charge in [-0.05, 0) is 12.1 Å². The van der Waals surface area contributed by atoms with Crippen LogP contribution in [0.15, 0.2) is 18.2 Å². The van der Waals surface area contributed by atoms with E-state index in [9.17, 15) is 4.39 Å². The van der Waals surface area contributed by atoms with Crippen molar-refractivity contribution < 1.29 is 4.39 Å². The molecule has 0 aliphatic carbocycles. The molecule has 1 aromatic carbocycles. The van der Waals surface area contributed by atoms with Crippen LogP contribution < -0.4 is 11.1 Å². The van der Waals surface area contributed by atoms with Crippen LogP contribution >= 0.6 is 0 Å². The van der Waals surface area contributed by atoms with Gasteiger partial charge < -0.3 is 11.1 Å². The third kappa shape index (κ3) is 2.09. The lowest BCUT2D eigenvalue weighted by atomic mass is 10.1. The van der Waals surface area contributed by atoms with Crippen LogP contribution in [-0.4, -0.2) is 13.2 Å². The molecule has 0 saturated carbocycles. The number of nitrogens with two attached hydrogens (primary N) is 1. The lowest BCUT2D eigenvalue weighted by Crippen LogP contribution is -2.06. The topological polar surface area (TPSA) is 61.8 Å². The molecule has 68 valence electrons. The molecule has 0 bridgehead atoms. The highest BCUT2D eigenvalue weighted by Gasteiger charge is 2.02. The molecule has 4 heteroatoms. The number of nitrogen functional groups attached to an aromatic ring is 1. The minimum Gasteiger partial charge on any atom is -0.396 e. The molecule has 3 N–H and O–H groups in total. The maximum absolute atomic E-state index is 11.8. The van der Waals surface area contributed by atoms with E-state index in [4.69, 9.17) is 11.0 Å². The number of benzene rings is 1. The first-order valence-corrected chi connectivity index (χ1v) is 3.88. The summed E-state index contributed by atoms with van der Waals surface area (Å²) in [4.78, 5) is 0. The molecule has 0 aromatic heterocycles. The average Bonchev–Trinajstić information content (AvgIpc) is 2.16. The van der Waals surface area contributed by atoms with Gasteiger partial charge in [0.1, 0.15) is 12.7 Å². The van der Waals surface area contributed by atoms with E-state index in [1.807, 2.05) is 6.07 Å². The van der Waals surface area contributed by atoms with Gasteiger partial charge in [0.15, 0.2) is 0 Å². The van der Waals surface area contributed by atoms with Crippen molar-refractivity contribution in [1.82, 2.24) is 0 Å². The second-order valence-electron chi connectivity index (χ2n) is 2.49. The molecule has 0 heterocycles. The molecule has 0 atom stereocenters. The molecule has 1 rings (SSSR count). The van der Waals surface area contributed by atoms with Crippen molar-refractivity contribution >= 4 is 11.4 Å². The summed E-state index contributed by atoms with van der Waals surface area (Å²) in [6.07, 6.45) is 0. The van der Waals surface area contributed by atoms with Crippen molar-refractivity contribution in [2.24, 2.45) is 0 Å². The van der Waals surface area contributed by atoms with Gasteiger partial charge in [0.2, 0.25) is 0 Å². The van der Waals surface area contributed by atoms with Gasteiger partial charge in [0, 0.05) is 6.54 Å². The fraction of sp³-hybridized carbons (Fsp3) is 0.222. The summed E-state index contributed by atoms with van der Waals surface area (Å²) in [7, 11) is 0. The molecule has 0 saturated heterocycles. The predicted molar refractivity (Wildman–Crippen MR) is 50.0 cm³/mol. The second-order valence-corrected chi connectivity index (χ2v) is 2.49. The van der Waals surface area contributed by atoms with Crippen molar-refractivity contribution in [3.8, 4) is 6.07 Å². The molecule has 3 nitrogen and oxygen atoms in total. The highest BCUT2D eigenvalue weighted by molar-refractivity contribution is 5.72. The summed E-state index contributed by atoms with van der Waals surface area (Å²) >= 11 is 0. The smallest absolute Gasteiger partial charge is 0.107 e. The second kappa shape index (κ2) is 4.31. The maximum atomic E-state index is 11.8. The summed E-state index contributed by atoms with van der Waals surface area (Å²) in [5.74, 6) is 0. The lowest BCUT2D eigenvalue weighted by molar-refractivity contribution is 0.513. The lowest BCUT2D eigenvalue weighted by Gasteiger charge is -2.07. The van der Waals surface area contributed by atoms with Crippen molar-refractivity contribution in [3.63, 3.8) is 0 Å². The summed E-state index contributed by atoms with van der Waals surface area (Å²) in [5, 5.41) is 11.4. The zero-order valence-electron chi connectivity index (χ0n) is 7.05. The van der Waals surface area contributed by atoms with E-state index in [0.29, 0.717) is 16.9 Å². The minimum atomic E-state index is -0.462. The summed E-state index contributed by atoms with van der Waals surface area (Å²) in [5.41, 5.74) is 7.02. The normalized spacial score (nSPS) is 9.23. The van der Waals surface area contributed by atoms with E-state index < -0.39 is 6.67 Å². The van der Waals surface area contributed by atoms with Crippen molar-refractivity contribution in [3.05, 3.63) is 23.8 Å². The van der Waals surface area contributed by atoms with Crippen LogP contribution in [-0.2, 0) is 0 Å². The Kier molecular flexibility index (Phi) is 3.09. The summed E-state index contributed by atoms with van der Waals surface area (Å²) in [6, 6.07) is 6.99. The van der Waals surface area contributed by atoms with Crippen molar-refractivity contribution in [2.75, 3.05) is 24.3 Å². The third-order valence-corrected chi connectivity index (χ3v) is 1.64. The van der Waals surface area contributed by atoms with Crippen molar-refractivity contribution in [2.45, 2.75) is 0 Å². The molecule has 0 unspecified atom stereocenters. The van der Waals surface area contributed by atoms with Gasteiger partial charge in [-0.2, -0.15) is 5.26 Å². The number of rotatable bonds is 3. The summed E-state index contributed by atoms with van der Waals surface area (Å²) in [6.45, 7) is -0.255. The van der Waals surface area contributed by atoms with Gasteiger partial charge in [-0.25, -0.2) is 4.39 Å². The van der Waals surface area contributed by atoms with Crippen LogP contribution in [0.4, 0.5) is 15.8 Å². The van der Waals surface area contributed by atoms with Crippen molar-refractivity contribution in [1.29, 1.82) is 5.26 Å². The van der Waals surface area contributed by atoms with Crippen LogP contribution in [0, 0.1) is 11.3 Å². The molecule has 0 amide bonds. The number of anilines is 2. The van der Waals surface area contributed by atoms with E-state index >= 15 is 0 Å². The quantitative estimate of drug-likeness (QED) is 0.691. The van der Waals surface area contributed by atoms with Gasteiger partial charge in [-0.1, -0.05) is 6.07 Å². The number of halogens is 1. The zero-order chi connectivity index (χ0) is 9.68. The molecular formula is C9H10FN3. The summed E-state index contributed by atoms with van der Waals surface area (Å²) < 4.78 is 11.8.